The molecule has 0 aliphatic rings. The number of hydrogen-bond donors (Lipinski definition) is 0. The summed E-state index contributed by atoms with van der Waals surface area (Å²) in [6.45, 7) is 4.05. The van der Waals surface area contributed by atoms with Gasteiger partial charge in [-0.05, 0) is 0 Å². The highest BCUT2D eigenvalue weighted by atomic mass is 32.1. The summed E-state index contributed by atoms with van der Waals surface area (Å²) in [7, 11) is 1.67. The van der Waals surface area contributed by atoms with Crippen molar-refractivity contribution in [3.8, 4) is 0 Å². The highest BCUT2D eigenvalue weighted by molar-refractivity contribution is 7.08. The maximum absolute atomic E-state index is 10.9. The quantitative estimate of drug-likeness (QED) is 0.610. The van der Waals surface area contributed by atoms with Gasteiger partial charge >= 0.3 is 4.87 Å². The van der Waals surface area contributed by atoms with E-state index in [1.807, 2.05) is 13.8 Å². The monoisotopic (exact) mass is 158 g/mol. The number of aromatic nitrogens is 2. The van der Waals surface area contributed by atoms with Crippen LogP contribution in [0.1, 0.15) is 24.8 Å². The Labute approximate surface area is 63.3 Å². The van der Waals surface area contributed by atoms with E-state index < -0.39 is 0 Å². The number of nitrogens with zero attached hydrogens (tertiary/aromatic N) is 2. The second-order valence-corrected chi connectivity index (χ2v) is 3.46. The van der Waals surface area contributed by atoms with Crippen molar-refractivity contribution in [3.63, 3.8) is 0 Å². The second-order valence-electron chi connectivity index (χ2n) is 2.48. The third-order valence-electron chi connectivity index (χ3n) is 1.20. The summed E-state index contributed by atoms with van der Waals surface area (Å²) >= 11 is 1.22. The van der Waals surface area contributed by atoms with Gasteiger partial charge in [-0.3, -0.25) is 4.79 Å². The molecule has 0 aliphatic carbocycles. The van der Waals surface area contributed by atoms with Crippen LogP contribution in [0.2, 0.25) is 0 Å². The standard InChI is InChI=1S/C6H10N2OS/c1-4(2)5-7-8(3)6(9)10-5/h4H,1-3H3. The summed E-state index contributed by atoms with van der Waals surface area (Å²) in [5.41, 5.74) is 0. The molecule has 0 spiro atoms. The molecule has 56 valence electrons. The van der Waals surface area contributed by atoms with Crippen molar-refractivity contribution >= 4 is 11.3 Å². The van der Waals surface area contributed by atoms with Gasteiger partial charge in [0.25, 0.3) is 0 Å². The SMILES string of the molecule is CC(C)c1nn(C)c(=O)s1. The highest BCUT2D eigenvalue weighted by Gasteiger charge is 2.05. The zero-order valence-electron chi connectivity index (χ0n) is 6.29. The lowest BCUT2D eigenvalue weighted by Gasteiger charge is -1.93. The largest absolute Gasteiger partial charge is 0.324 e. The molecule has 0 unspecified atom stereocenters. The van der Waals surface area contributed by atoms with Crippen LogP contribution >= 0.6 is 11.3 Å². The van der Waals surface area contributed by atoms with Gasteiger partial charge in [0.15, 0.2) is 0 Å². The van der Waals surface area contributed by atoms with Crippen molar-refractivity contribution in [3.05, 3.63) is 14.7 Å². The van der Waals surface area contributed by atoms with Crippen molar-refractivity contribution in [2.24, 2.45) is 7.05 Å². The van der Waals surface area contributed by atoms with Crippen LogP contribution in [-0.2, 0) is 7.05 Å². The molecule has 1 heterocycles. The maximum atomic E-state index is 10.9. The third kappa shape index (κ3) is 1.26. The summed E-state index contributed by atoms with van der Waals surface area (Å²) in [5, 5.41) is 4.94. The highest BCUT2D eigenvalue weighted by Crippen LogP contribution is 2.11. The predicted octanol–water partition coefficient (Wildman–Crippen LogP) is 0.965. The third-order valence-corrected chi connectivity index (χ3v) is 2.40. The molecule has 0 fully saturated rings. The molecule has 0 N–H and O–H groups in total. The van der Waals surface area contributed by atoms with Crippen LogP contribution in [0.25, 0.3) is 0 Å². The smallest absolute Gasteiger partial charge is 0.255 e. The summed E-state index contributed by atoms with van der Waals surface area (Å²) in [5.74, 6) is 0.360. The Hall–Kier alpha value is -0.640. The van der Waals surface area contributed by atoms with E-state index in [0.717, 1.165) is 5.01 Å². The summed E-state index contributed by atoms with van der Waals surface area (Å²) in [4.78, 5) is 10.9. The van der Waals surface area contributed by atoms with Gasteiger partial charge in [0.1, 0.15) is 5.01 Å². The first kappa shape index (κ1) is 7.47. The zero-order valence-corrected chi connectivity index (χ0v) is 7.10. The van der Waals surface area contributed by atoms with Gasteiger partial charge in [0.2, 0.25) is 0 Å². The minimum atomic E-state index is 0.0173. The fourth-order valence-electron chi connectivity index (χ4n) is 0.598. The molecule has 3 nitrogen and oxygen atoms in total. The Kier molecular flexibility index (Phi) is 1.89. The van der Waals surface area contributed by atoms with Crippen LogP contribution in [0, 0.1) is 0 Å². The van der Waals surface area contributed by atoms with E-state index in [4.69, 9.17) is 0 Å². The Bertz CT molecular complexity index is 274. The van der Waals surface area contributed by atoms with Crippen LogP contribution in [0.5, 0.6) is 0 Å². The van der Waals surface area contributed by atoms with Gasteiger partial charge in [-0.15, -0.1) is 0 Å². The molecule has 0 amide bonds. The minimum Gasteiger partial charge on any atom is -0.255 e. The van der Waals surface area contributed by atoms with Crippen molar-refractivity contribution in [2.75, 3.05) is 0 Å². The van der Waals surface area contributed by atoms with Gasteiger partial charge in [0, 0.05) is 13.0 Å². The van der Waals surface area contributed by atoms with Crippen LogP contribution in [0.15, 0.2) is 4.79 Å². The van der Waals surface area contributed by atoms with Gasteiger partial charge in [-0.2, -0.15) is 5.10 Å². The summed E-state index contributed by atoms with van der Waals surface area (Å²) in [6.07, 6.45) is 0. The van der Waals surface area contributed by atoms with E-state index in [2.05, 4.69) is 5.10 Å². The number of hydrogen-bond acceptors (Lipinski definition) is 3. The molecule has 0 radical (unpaired) electrons. The lowest BCUT2D eigenvalue weighted by molar-refractivity contribution is 0.698. The van der Waals surface area contributed by atoms with E-state index in [9.17, 15) is 4.79 Å². The van der Waals surface area contributed by atoms with Crippen LogP contribution in [-0.4, -0.2) is 9.78 Å². The Morgan fingerprint density at radius 2 is 2.20 bits per heavy atom. The molecule has 0 saturated heterocycles. The van der Waals surface area contributed by atoms with Gasteiger partial charge < -0.3 is 0 Å². The first-order chi connectivity index (χ1) is 4.61. The van der Waals surface area contributed by atoms with Crippen molar-refractivity contribution in [1.29, 1.82) is 0 Å². The molecular weight excluding hydrogens is 148 g/mol. The first-order valence-electron chi connectivity index (χ1n) is 3.15. The van der Waals surface area contributed by atoms with Crippen LogP contribution in [0.4, 0.5) is 0 Å². The molecule has 1 aromatic heterocycles. The summed E-state index contributed by atoms with van der Waals surface area (Å²) in [6, 6.07) is 0. The van der Waals surface area contributed by atoms with Crippen LogP contribution < -0.4 is 4.87 Å². The zero-order chi connectivity index (χ0) is 7.72. The van der Waals surface area contributed by atoms with E-state index in [1.54, 1.807) is 7.05 Å². The van der Waals surface area contributed by atoms with Crippen LogP contribution in [0.3, 0.4) is 0 Å². The molecule has 0 aromatic carbocycles. The predicted molar refractivity (Wildman–Crippen MR) is 41.4 cm³/mol. The lowest BCUT2D eigenvalue weighted by Crippen LogP contribution is -2.08. The molecule has 0 atom stereocenters. The van der Waals surface area contributed by atoms with Gasteiger partial charge in [0.05, 0.1) is 0 Å². The van der Waals surface area contributed by atoms with E-state index in [-0.39, 0.29) is 4.87 Å². The number of aryl methyl sites for hydroxylation is 1. The Morgan fingerprint density at radius 3 is 2.40 bits per heavy atom. The minimum absolute atomic E-state index is 0.0173. The molecule has 0 saturated carbocycles. The Balaban J connectivity index is 3.10. The Morgan fingerprint density at radius 1 is 1.60 bits per heavy atom. The molecule has 4 heteroatoms. The lowest BCUT2D eigenvalue weighted by atomic mass is 10.2. The van der Waals surface area contributed by atoms with Crippen molar-refractivity contribution in [1.82, 2.24) is 9.78 Å². The summed E-state index contributed by atoms with van der Waals surface area (Å²) < 4.78 is 1.38. The normalized spacial score (nSPS) is 10.8. The molecular formula is C6H10N2OS. The first-order valence-corrected chi connectivity index (χ1v) is 3.97. The number of rotatable bonds is 1. The van der Waals surface area contributed by atoms with E-state index >= 15 is 0 Å². The molecule has 10 heavy (non-hydrogen) atoms. The second kappa shape index (κ2) is 2.54. The van der Waals surface area contributed by atoms with Gasteiger partial charge in [-0.1, -0.05) is 25.2 Å². The van der Waals surface area contributed by atoms with E-state index in [1.165, 1.54) is 16.0 Å². The van der Waals surface area contributed by atoms with Gasteiger partial charge in [-0.25, -0.2) is 4.68 Å². The fourth-order valence-corrected chi connectivity index (χ4v) is 1.35. The average Bonchev–Trinajstić information content (AvgIpc) is 2.13. The molecule has 1 rings (SSSR count). The average molecular weight is 158 g/mol. The maximum Gasteiger partial charge on any atom is 0.324 e. The fraction of sp³-hybridized carbons (Fsp3) is 0.667. The molecule has 0 aliphatic heterocycles. The molecule has 0 bridgehead atoms. The molecule has 1 aromatic rings. The topological polar surface area (TPSA) is 34.9 Å². The van der Waals surface area contributed by atoms with Crippen molar-refractivity contribution in [2.45, 2.75) is 19.8 Å². The van der Waals surface area contributed by atoms with Crippen molar-refractivity contribution < 1.29 is 0 Å². The van der Waals surface area contributed by atoms with E-state index in [0.29, 0.717) is 5.92 Å².